The summed E-state index contributed by atoms with van der Waals surface area (Å²) in [5, 5.41) is 4.80. The zero-order valence-corrected chi connectivity index (χ0v) is 23.4. The molecule has 0 fully saturated rings. The molecule has 0 radical (unpaired) electrons. The molecule has 1 heterocycles. The van der Waals surface area contributed by atoms with Crippen LogP contribution in [-0.2, 0) is 6.18 Å². The topological polar surface area (TPSA) is 92.8 Å². The summed E-state index contributed by atoms with van der Waals surface area (Å²) in [6.45, 7) is 0. The number of esters is 1. The minimum absolute atomic E-state index is 0.0437. The number of aromatic nitrogens is 1. The van der Waals surface area contributed by atoms with Crippen LogP contribution in [0.25, 0.3) is 22.0 Å². The van der Waals surface area contributed by atoms with Crippen LogP contribution >= 0.6 is 15.9 Å². The van der Waals surface area contributed by atoms with Crippen LogP contribution in [0.4, 0.5) is 13.2 Å². The normalized spacial score (nSPS) is 11.5. The standard InChI is InChI=1S/C31H21BrF3N3O4/c1-41-24-15-14-22(32)26-25(18-8-3-2-4-9-18)28(37-27(24)26)29(39)38-36-17-20-10-5-6-13-23(20)42-30(40)19-11-7-12-21(16-19)31(33,34)35/h2-17,37H,1H3,(H,38,39). The zero-order valence-electron chi connectivity index (χ0n) is 21.8. The van der Waals surface area contributed by atoms with Crippen LogP contribution in [0.2, 0.25) is 0 Å². The van der Waals surface area contributed by atoms with Crippen molar-refractivity contribution in [2.24, 2.45) is 5.10 Å². The second kappa shape index (κ2) is 11.9. The largest absolute Gasteiger partial charge is 0.495 e. The Morgan fingerprint density at radius 3 is 2.40 bits per heavy atom. The molecule has 0 aliphatic carbocycles. The van der Waals surface area contributed by atoms with Crippen LogP contribution in [0.5, 0.6) is 11.5 Å². The molecule has 0 saturated carbocycles. The van der Waals surface area contributed by atoms with Gasteiger partial charge in [0, 0.05) is 21.0 Å². The summed E-state index contributed by atoms with van der Waals surface area (Å²) in [4.78, 5) is 29.2. The first kappa shape index (κ1) is 28.6. The quantitative estimate of drug-likeness (QED) is 0.0833. The molecular formula is C31H21BrF3N3O4. The van der Waals surface area contributed by atoms with Crippen molar-refractivity contribution < 1.29 is 32.2 Å². The Balaban J connectivity index is 1.41. The number of carbonyl (C=O) groups is 2. The highest BCUT2D eigenvalue weighted by Gasteiger charge is 2.31. The monoisotopic (exact) mass is 635 g/mol. The number of halogens is 4. The van der Waals surface area contributed by atoms with E-state index in [0.29, 0.717) is 22.4 Å². The summed E-state index contributed by atoms with van der Waals surface area (Å²) in [7, 11) is 1.53. The molecule has 0 atom stereocenters. The first-order chi connectivity index (χ1) is 20.2. The molecule has 0 bridgehead atoms. The van der Waals surface area contributed by atoms with Gasteiger partial charge in [0.05, 0.1) is 30.0 Å². The van der Waals surface area contributed by atoms with Gasteiger partial charge in [0.2, 0.25) is 0 Å². The van der Waals surface area contributed by atoms with E-state index in [-0.39, 0.29) is 17.0 Å². The third kappa shape index (κ3) is 5.91. The predicted molar refractivity (Wildman–Crippen MR) is 156 cm³/mol. The van der Waals surface area contributed by atoms with Crippen molar-refractivity contribution in [3.05, 3.63) is 118 Å². The van der Waals surface area contributed by atoms with Gasteiger partial charge in [-0.15, -0.1) is 0 Å². The van der Waals surface area contributed by atoms with Crippen LogP contribution in [0.1, 0.15) is 32.0 Å². The number of hydrogen-bond donors (Lipinski definition) is 2. The third-order valence-corrected chi connectivity index (χ3v) is 6.95. The first-order valence-electron chi connectivity index (χ1n) is 12.4. The number of amides is 1. The molecule has 0 aliphatic rings. The fourth-order valence-electron chi connectivity index (χ4n) is 4.35. The van der Waals surface area contributed by atoms with Crippen molar-refractivity contribution in [3.8, 4) is 22.6 Å². The molecule has 42 heavy (non-hydrogen) atoms. The Morgan fingerprint density at radius 2 is 1.67 bits per heavy atom. The minimum Gasteiger partial charge on any atom is -0.495 e. The molecule has 2 N–H and O–H groups in total. The molecule has 0 spiro atoms. The van der Waals surface area contributed by atoms with Gasteiger partial charge in [-0.1, -0.05) is 64.5 Å². The number of nitrogens with zero attached hydrogens (tertiary/aromatic N) is 1. The summed E-state index contributed by atoms with van der Waals surface area (Å²) in [6.07, 6.45) is -3.33. The number of ether oxygens (including phenoxy) is 2. The number of hydrogen-bond acceptors (Lipinski definition) is 5. The molecule has 5 aromatic rings. The number of hydrazone groups is 1. The Morgan fingerprint density at radius 1 is 0.929 bits per heavy atom. The van der Waals surface area contributed by atoms with Gasteiger partial charge < -0.3 is 14.5 Å². The van der Waals surface area contributed by atoms with E-state index in [1.165, 1.54) is 25.5 Å². The maximum Gasteiger partial charge on any atom is 0.416 e. The molecule has 11 heteroatoms. The van der Waals surface area contributed by atoms with Gasteiger partial charge in [0.15, 0.2) is 0 Å². The van der Waals surface area contributed by atoms with E-state index in [0.717, 1.165) is 33.6 Å². The lowest BCUT2D eigenvalue weighted by Crippen LogP contribution is -2.19. The molecule has 7 nitrogen and oxygen atoms in total. The Bertz CT molecular complexity index is 1820. The molecule has 0 saturated heterocycles. The lowest BCUT2D eigenvalue weighted by atomic mass is 10.0. The number of fused-ring (bicyclic) bond motifs is 1. The van der Waals surface area contributed by atoms with Crippen LogP contribution in [0.3, 0.4) is 0 Å². The number of alkyl halides is 3. The lowest BCUT2D eigenvalue weighted by molar-refractivity contribution is -0.137. The van der Waals surface area contributed by atoms with Gasteiger partial charge >= 0.3 is 12.1 Å². The van der Waals surface area contributed by atoms with Crippen molar-refractivity contribution >= 4 is 44.9 Å². The van der Waals surface area contributed by atoms with Gasteiger partial charge in [-0.05, 0) is 48.0 Å². The van der Waals surface area contributed by atoms with Crippen LogP contribution in [0, 0.1) is 0 Å². The first-order valence-corrected chi connectivity index (χ1v) is 13.2. The van der Waals surface area contributed by atoms with Crippen molar-refractivity contribution in [1.82, 2.24) is 10.4 Å². The van der Waals surface area contributed by atoms with E-state index in [2.05, 4.69) is 31.4 Å². The lowest BCUT2D eigenvalue weighted by Gasteiger charge is -2.10. The Labute approximate surface area is 246 Å². The van der Waals surface area contributed by atoms with Gasteiger partial charge in [-0.25, -0.2) is 10.2 Å². The molecular weight excluding hydrogens is 615 g/mol. The SMILES string of the molecule is COc1ccc(Br)c2c(-c3ccccc3)c(C(=O)NN=Cc3ccccc3OC(=O)c3cccc(C(F)(F)F)c3)[nH]c12. The molecule has 0 unspecified atom stereocenters. The number of aromatic amines is 1. The molecule has 212 valence electrons. The van der Waals surface area contributed by atoms with Crippen LogP contribution in [0.15, 0.2) is 101 Å². The predicted octanol–water partition coefficient (Wildman–Crippen LogP) is 7.61. The average molecular weight is 636 g/mol. The number of nitrogens with one attached hydrogen (secondary N) is 2. The summed E-state index contributed by atoms with van der Waals surface area (Å²) in [6, 6.07) is 23.2. The Hall–Kier alpha value is -4.90. The molecule has 5 rings (SSSR count). The fourth-order valence-corrected chi connectivity index (χ4v) is 4.88. The summed E-state index contributed by atoms with van der Waals surface area (Å²) < 4.78 is 50.8. The van der Waals surface area contributed by atoms with E-state index in [1.54, 1.807) is 24.3 Å². The van der Waals surface area contributed by atoms with Gasteiger partial charge in [0.25, 0.3) is 5.91 Å². The number of methoxy groups -OCH3 is 1. The van der Waals surface area contributed by atoms with E-state index < -0.39 is 23.6 Å². The number of rotatable bonds is 7. The molecule has 4 aromatic carbocycles. The number of para-hydroxylation sites is 1. The smallest absolute Gasteiger partial charge is 0.416 e. The summed E-state index contributed by atoms with van der Waals surface area (Å²) >= 11 is 3.58. The molecule has 0 aliphatic heterocycles. The maximum absolute atomic E-state index is 13.4. The van der Waals surface area contributed by atoms with Gasteiger partial charge in [-0.2, -0.15) is 18.3 Å². The molecule has 1 amide bonds. The van der Waals surface area contributed by atoms with E-state index in [9.17, 15) is 22.8 Å². The Kier molecular flexibility index (Phi) is 8.12. The highest BCUT2D eigenvalue weighted by atomic mass is 79.9. The van der Waals surface area contributed by atoms with Crippen molar-refractivity contribution in [2.75, 3.05) is 7.11 Å². The highest BCUT2D eigenvalue weighted by molar-refractivity contribution is 9.10. The third-order valence-electron chi connectivity index (χ3n) is 6.29. The highest BCUT2D eigenvalue weighted by Crippen LogP contribution is 2.41. The number of H-pyrrole nitrogens is 1. The van der Waals surface area contributed by atoms with E-state index in [1.807, 2.05) is 36.4 Å². The van der Waals surface area contributed by atoms with Gasteiger partial charge in [0.1, 0.15) is 17.2 Å². The fraction of sp³-hybridized carbons (Fsp3) is 0.0645. The molecule has 1 aromatic heterocycles. The van der Waals surface area contributed by atoms with Crippen molar-refractivity contribution in [1.29, 1.82) is 0 Å². The van der Waals surface area contributed by atoms with Gasteiger partial charge in [-0.3, -0.25) is 4.79 Å². The van der Waals surface area contributed by atoms with Crippen LogP contribution in [-0.4, -0.2) is 30.2 Å². The average Bonchev–Trinajstić information content (AvgIpc) is 3.40. The summed E-state index contributed by atoms with van der Waals surface area (Å²) in [5.41, 5.74) is 3.85. The van der Waals surface area contributed by atoms with E-state index >= 15 is 0 Å². The van der Waals surface area contributed by atoms with Crippen molar-refractivity contribution in [2.45, 2.75) is 6.18 Å². The summed E-state index contributed by atoms with van der Waals surface area (Å²) in [5.74, 6) is -0.934. The second-order valence-corrected chi connectivity index (χ2v) is 9.80. The minimum atomic E-state index is -4.61. The second-order valence-electron chi connectivity index (χ2n) is 8.95. The number of benzene rings is 4. The number of carbonyl (C=O) groups excluding carboxylic acids is 2. The van der Waals surface area contributed by atoms with E-state index in [4.69, 9.17) is 9.47 Å². The van der Waals surface area contributed by atoms with Crippen LogP contribution < -0.4 is 14.9 Å². The van der Waals surface area contributed by atoms with Crippen molar-refractivity contribution in [3.63, 3.8) is 0 Å². The maximum atomic E-state index is 13.4. The zero-order chi connectivity index (χ0) is 29.9.